The Morgan fingerprint density at radius 2 is 1.96 bits per heavy atom. The van der Waals surface area contributed by atoms with Gasteiger partial charge in [-0.05, 0) is 18.1 Å². The molecule has 2 aromatic rings. The highest BCUT2D eigenvalue weighted by atomic mass is 35.5. The molecule has 1 heterocycles. The minimum atomic E-state index is -0.452. The second-order valence-electron chi connectivity index (χ2n) is 5.49. The Labute approximate surface area is 143 Å². The molecule has 3 rings (SSSR count). The van der Waals surface area contributed by atoms with Gasteiger partial charge in [0.15, 0.2) is 0 Å². The Hall–Kier alpha value is -2.60. The summed E-state index contributed by atoms with van der Waals surface area (Å²) < 4.78 is 5.31. The summed E-state index contributed by atoms with van der Waals surface area (Å²) in [5.41, 5.74) is 2.16. The highest BCUT2D eigenvalue weighted by Gasteiger charge is 2.28. The van der Waals surface area contributed by atoms with E-state index in [9.17, 15) is 14.9 Å². The van der Waals surface area contributed by atoms with Crippen molar-refractivity contribution < 1.29 is 14.5 Å². The number of carbonyl (C=O) groups is 1. The Bertz CT molecular complexity index is 780. The Morgan fingerprint density at radius 3 is 2.67 bits per heavy atom. The van der Waals surface area contributed by atoms with Crippen molar-refractivity contribution in [3.63, 3.8) is 0 Å². The SMILES string of the molecule is O=C(OCc1ccccc1)N1CCc2c([N+](=O)[O-])ccc(Cl)c2C1. The molecule has 0 saturated carbocycles. The molecule has 0 saturated heterocycles. The third kappa shape index (κ3) is 3.33. The molecule has 0 radical (unpaired) electrons. The summed E-state index contributed by atoms with van der Waals surface area (Å²) in [5, 5.41) is 11.5. The summed E-state index contributed by atoms with van der Waals surface area (Å²) in [6.45, 7) is 0.761. The Morgan fingerprint density at radius 1 is 1.21 bits per heavy atom. The zero-order valence-electron chi connectivity index (χ0n) is 12.8. The highest BCUT2D eigenvalue weighted by Crippen LogP contribution is 2.33. The normalized spacial score (nSPS) is 13.3. The van der Waals surface area contributed by atoms with E-state index >= 15 is 0 Å². The molecule has 0 aromatic heterocycles. The molecule has 1 aliphatic rings. The smallest absolute Gasteiger partial charge is 0.410 e. The minimum Gasteiger partial charge on any atom is -0.445 e. The average Bonchev–Trinajstić information content (AvgIpc) is 2.60. The number of ether oxygens (including phenoxy) is 1. The summed E-state index contributed by atoms with van der Waals surface area (Å²) in [7, 11) is 0. The van der Waals surface area contributed by atoms with Crippen LogP contribution in [0.3, 0.4) is 0 Å². The van der Waals surface area contributed by atoms with Gasteiger partial charge in [0, 0.05) is 28.8 Å². The zero-order valence-corrected chi connectivity index (χ0v) is 13.5. The van der Waals surface area contributed by atoms with Crippen molar-refractivity contribution in [2.24, 2.45) is 0 Å². The number of hydrogen-bond donors (Lipinski definition) is 0. The molecule has 0 bridgehead atoms. The number of halogens is 1. The first-order valence-electron chi connectivity index (χ1n) is 7.46. The molecule has 6 nitrogen and oxygen atoms in total. The predicted molar refractivity (Wildman–Crippen MR) is 88.8 cm³/mol. The first-order valence-corrected chi connectivity index (χ1v) is 7.84. The molecular weight excluding hydrogens is 332 g/mol. The Balaban J connectivity index is 1.71. The van der Waals surface area contributed by atoms with Crippen LogP contribution in [0.1, 0.15) is 16.7 Å². The van der Waals surface area contributed by atoms with Gasteiger partial charge in [0.05, 0.1) is 11.5 Å². The van der Waals surface area contributed by atoms with Crippen LogP contribution in [0.4, 0.5) is 10.5 Å². The molecule has 1 amide bonds. The van der Waals surface area contributed by atoms with Gasteiger partial charge in [-0.2, -0.15) is 0 Å². The number of fused-ring (bicyclic) bond motifs is 1. The van der Waals surface area contributed by atoms with Gasteiger partial charge in [-0.15, -0.1) is 0 Å². The minimum absolute atomic E-state index is 0.0479. The van der Waals surface area contributed by atoms with Crippen molar-refractivity contribution in [1.82, 2.24) is 4.90 Å². The fourth-order valence-corrected chi connectivity index (χ4v) is 2.99. The van der Waals surface area contributed by atoms with E-state index < -0.39 is 11.0 Å². The predicted octanol–water partition coefficient (Wildman–Crippen LogP) is 3.94. The molecule has 0 fully saturated rings. The fraction of sp³-hybridized carbons (Fsp3) is 0.235. The van der Waals surface area contributed by atoms with Crippen LogP contribution in [0.5, 0.6) is 0 Å². The number of nitro benzene ring substituents is 1. The van der Waals surface area contributed by atoms with Crippen LogP contribution in [0.2, 0.25) is 5.02 Å². The van der Waals surface area contributed by atoms with E-state index in [1.54, 1.807) is 0 Å². The first-order chi connectivity index (χ1) is 11.6. The van der Waals surface area contributed by atoms with Crippen LogP contribution >= 0.6 is 11.6 Å². The molecule has 0 spiro atoms. The van der Waals surface area contributed by atoms with E-state index in [0.717, 1.165) is 5.56 Å². The number of amides is 1. The molecule has 0 unspecified atom stereocenters. The highest BCUT2D eigenvalue weighted by molar-refractivity contribution is 6.31. The average molecular weight is 347 g/mol. The van der Waals surface area contributed by atoms with Crippen LogP contribution in [0, 0.1) is 10.1 Å². The van der Waals surface area contributed by atoms with E-state index in [1.807, 2.05) is 30.3 Å². The van der Waals surface area contributed by atoms with Gasteiger partial charge in [-0.1, -0.05) is 41.9 Å². The topological polar surface area (TPSA) is 72.7 Å². The maximum Gasteiger partial charge on any atom is 0.410 e. The van der Waals surface area contributed by atoms with Gasteiger partial charge in [0.25, 0.3) is 5.69 Å². The van der Waals surface area contributed by atoms with E-state index in [2.05, 4.69) is 0 Å². The molecule has 0 N–H and O–H groups in total. The molecule has 2 aromatic carbocycles. The molecular formula is C17H15ClN2O4. The summed E-state index contributed by atoms with van der Waals surface area (Å²) in [4.78, 5) is 24.5. The molecule has 0 atom stereocenters. The number of nitrogens with zero attached hydrogens (tertiary/aromatic N) is 2. The Kier molecular flexibility index (Phi) is 4.66. The monoisotopic (exact) mass is 346 g/mol. The number of rotatable bonds is 3. The van der Waals surface area contributed by atoms with Crippen molar-refractivity contribution in [1.29, 1.82) is 0 Å². The molecule has 0 aliphatic carbocycles. The quantitative estimate of drug-likeness (QED) is 0.623. The number of hydrogen-bond acceptors (Lipinski definition) is 4. The summed E-state index contributed by atoms with van der Waals surface area (Å²) in [6, 6.07) is 12.3. The second-order valence-corrected chi connectivity index (χ2v) is 5.90. The van der Waals surface area contributed by atoms with Gasteiger partial charge in [0.1, 0.15) is 6.61 Å². The van der Waals surface area contributed by atoms with E-state index in [-0.39, 0.29) is 18.8 Å². The lowest BCUT2D eigenvalue weighted by molar-refractivity contribution is -0.385. The van der Waals surface area contributed by atoms with E-state index in [4.69, 9.17) is 16.3 Å². The number of benzene rings is 2. The third-order valence-electron chi connectivity index (χ3n) is 3.99. The summed E-state index contributed by atoms with van der Waals surface area (Å²) in [6.07, 6.45) is -0.0702. The van der Waals surface area contributed by atoms with Gasteiger partial charge < -0.3 is 9.64 Å². The van der Waals surface area contributed by atoms with Crippen LogP contribution < -0.4 is 0 Å². The maximum absolute atomic E-state index is 12.2. The van der Waals surface area contributed by atoms with Crippen molar-refractivity contribution >= 4 is 23.4 Å². The standard InChI is InChI=1S/C17H15ClN2O4/c18-15-6-7-16(20(22)23)13-8-9-19(10-14(13)15)17(21)24-11-12-4-2-1-3-5-12/h1-7H,8-11H2. The van der Waals surface area contributed by atoms with E-state index in [1.165, 1.54) is 17.0 Å². The summed E-state index contributed by atoms with van der Waals surface area (Å²) >= 11 is 6.16. The van der Waals surface area contributed by atoms with Crippen molar-refractivity contribution in [3.05, 3.63) is 74.3 Å². The maximum atomic E-state index is 12.2. The van der Waals surface area contributed by atoms with Crippen LogP contribution in [-0.2, 0) is 24.3 Å². The molecule has 124 valence electrons. The lowest BCUT2D eigenvalue weighted by Crippen LogP contribution is -2.36. The number of nitro groups is 1. The van der Waals surface area contributed by atoms with Crippen molar-refractivity contribution in [3.8, 4) is 0 Å². The molecule has 24 heavy (non-hydrogen) atoms. The largest absolute Gasteiger partial charge is 0.445 e. The van der Waals surface area contributed by atoms with Gasteiger partial charge >= 0.3 is 6.09 Å². The lowest BCUT2D eigenvalue weighted by Gasteiger charge is -2.28. The van der Waals surface area contributed by atoms with E-state index in [0.29, 0.717) is 29.1 Å². The first kappa shape index (κ1) is 16.3. The van der Waals surface area contributed by atoms with Crippen LogP contribution in [0.25, 0.3) is 0 Å². The summed E-state index contributed by atoms with van der Waals surface area (Å²) in [5.74, 6) is 0. The molecule has 1 aliphatic heterocycles. The van der Waals surface area contributed by atoms with Crippen LogP contribution in [-0.4, -0.2) is 22.5 Å². The van der Waals surface area contributed by atoms with Gasteiger partial charge in [-0.25, -0.2) is 4.79 Å². The van der Waals surface area contributed by atoms with Gasteiger partial charge in [0.2, 0.25) is 0 Å². The molecule has 7 heteroatoms. The fourth-order valence-electron chi connectivity index (χ4n) is 2.76. The second kappa shape index (κ2) is 6.88. The van der Waals surface area contributed by atoms with Crippen LogP contribution in [0.15, 0.2) is 42.5 Å². The van der Waals surface area contributed by atoms with Gasteiger partial charge in [-0.3, -0.25) is 10.1 Å². The third-order valence-corrected chi connectivity index (χ3v) is 4.34. The van der Waals surface area contributed by atoms with Crippen molar-refractivity contribution in [2.45, 2.75) is 19.6 Å². The zero-order chi connectivity index (χ0) is 17.1. The number of carbonyl (C=O) groups excluding carboxylic acids is 1. The van der Waals surface area contributed by atoms with Crippen molar-refractivity contribution in [2.75, 3.05) is 6.54 Å². The lowest BCUT2D eigenvalue weighted by atomic mass is 9.98.